The van der Waals surface area contributed by atoms with Crippen molar-refractivity contribution >= 4 is 12.6 Å². The number of hydrogen-bond donors (Lipinski definition) is 2. The van der Waals surface area contributed by atoms with E-state index in [1.165, 1.54) is 6.20 Å². The van der Waals surface area contributed by atoms with Gasteiger partial charge in [-0.2, -0.15) is 0 Å². The first kappa shape index (κ1) is 12.5. The minimum absolute atomic E-state index is 0.431. The Kier molecular flexibility index (Phi) is 4.50. The first-order valence-electron chi connectivity index (χ1n) is 5.87. The Bertz CT molecular complexity index is 339. The Morgan fingerprint density at radius 2 is 2.06 bits per heavy atom. The molecule has 0 unspecified atom stereocenters. The molecule has 1 fully saturated rings. The zero-order valence-electron chi connectivity index (χ0n) is 9.75. The van der Waals surface area contributed by atoms with Gasteiger partial charge in [0.25, 0.3) is 0 Å². The van der Waals surface area contributed by atoms with Gasteiger partial charge in [-0.15, -0.1) is 0 Å². The topological polar surface area (TPSA) is 65.8 Å². The molecule has 1 aliphatic heterocycles. The van der Waals surface area contributed by atoms with Crippen LogP contribution in [0.1, 0.15) is 5.69 Å². The number of morpholine rings is 1. The molecule has 17 heavy (non-hydrogen) atoms. The van der Waals surface area contributed by atoms with Gasteiger partial charge in [0.15, 0.2) is 0 Å². The highest BCUT2D eigenvalue weighted by molar-refractivity contribution is 6.58. The third-order valence-electron chi connectivity index (χ3n) is 2.93. The lowest BCUT2D eigenvalue weighted by Gasteiger charge is -2.26. The smallest absolute Gasteiger partial charge is 0.423 e. The Hall–Kier alpha value is -0.945. The Morgan fingerprint density at radius 1 is 1.29 bits per heavy atom. The zero-order chi connectivity index (χ0) is 12.1. The molecule has 0 aromatic carbocycles. The number of aromatic nitrogens is 1. The van der Waals surface area contributed by atoms with Gasteiger partial charge in [-0.1, -0.05) is 6.07 Å². The van der Waals surface area contributed by atoms with E-state index in [2.05, 4.69) is 9.88 Å². The molecule has 1 saturated heterocycles. The molecule has 92 valence electrons. The summed E-state index contributed by atoms with van der Waals surface area (Å²) in [5.41, 5.74) is 1.40. The summed E-state index contributed by atoms with van der Waals surface area (Å²) in [5, 5.41) is 17.9. The number of rotatable bonds is 4. The van der Waals surface area contributed by atoms with Crippen LogP contribution < -0.4 is 5.46 Å². The molecule has 0 bridgehead atoms. The van der Waals surface area contributed by atoms with Crippen LogP contribution in [0.2, 0.25) is 0 Å². The molecule has 2 heterocycles. The van der Waals surface area contributed by atoms with E-state index in [0.29, 0.717) is 5.46 Å². The molecule has 0 radical (unpaired) electrons. The number of nitrogens with zero attached hydrogens (tertiary/aromatic N) is 2. The van der Waals surface area contributed by atoms with Crippen molar-refractivity contribution in [3.8, 4) is 0 Å². The highest BCUT2D eigenvalue weighted by Crippen LogP contribution is 2.00. The van der Waals surface area contributed by atoms with Crippen LogP contribution in [0.3, 0.4) is 0 Å². The normalized spacial score (nSPS) is 17.1. The minimum Gasteiger partial charge on any atom is -0.423 e. The van der Waals surface area contributed by atoms with Crippen LogP contribution in [-0.4, -0.2) is 59.9 Å². The van der Waals surface area contributed by atoms with Crippen molar-refractivity contribution < 1.29 is 14.8 Å². The van der Waals surface area contributed by atoms with Crippen LogP contribution >= 0.6 is 0 Å². The van der Waals surface area contributed by atoms with Crippen molar-refractivity contribution in [3.05, 3.63) is 24.0 Å². The molecule has 0 atom stereocenters. The van der Waals surface area contributed by atoms with E-state index >= 15 is 0 Å². The highest BCUT2D eigenvalue weighted by Gasteiger charge is 2.12. The number of pyridine rings is 1. The molecular formula is C11H17BN2O3. The fourth-order valence-corrected chi connectivity index (χ4v) is 1.83. The largest absolute Gasteiger partial charge is 0.490 e. The average Bonchev–Trinajstić information content (AvgIpc) is 2.38. The van der Waals surface area contributed by atoms with Crippen molar-refractivity contribution in [2.75, 3.05) is 32.8 Å². The predicted molar refractivity (Wildman–Crippen MR) is 65.0 cm³/mol. The SMILES string of the molecule is OB(O)c1ccc(CCN2CCOCC2)nc1. The second-order valence-electron chi connectivity index (χ2n) is 4.16. The molecule has 2 rings (SSSR count). The lowest BCUT2D eigenvalue weighted by atomic mass is 9.81. The van der Waals surface area contributed by atoms with Gasteiger partial charge in [0, 0.05) is 43.4 Å². The summed E-state index contributed by atoms with van der Waals surface area (Å²) in [6.07, 6.45) is 2.39. The summed E-state index contributed by atoms with van der Waals surface area (Å²) < 4.78 is 5.28. The van der Waals surface area contributed by atoms with E-state index < -0.39 is 7.12 Å². The molecule has 0 amide bonds. The van der Waals surface area contributed by atoms with Crippen molar-refractivity contribution in [3.63, 3.8) is 0 Å². The van der Waals surface area contributed by atoms with Gasteiger partial charge in [0.1, 0.15) is 0 Å². The Labute approximate surface area is 101 Å². The quantitative estimate of drug-likeness (QED) is 0.632. The van der Waals surface area contributed by atoms with Crippen LogP contribution in [0.5, 0.6) is 0 Å². The summed E-state index contributed by atoms with van der Waals surface area (Å²) in [6.45, 7) is 4.55. The molecular weight excluding hydrogens is 219 g/mol. The van der Waals surface area contributed by atoms with Crippen molar-refractivity contribution in [2.24, 2.45) is 0 Å². The average molecular weight is 236 g/mol. The van der Waals surface area contributed by atoms with Gasteiger partial charge < -0.3 is 14.8 Å². The molecule has 2 N–H and O–H groups in total. The summed E-state index contributed by atoms with van der Waals surface area (Å²) in [4.78, 5) is 6.55. The summed E-state index contributed by atoms with van der Waals surface area (Å²) >= 11 is 0. The minimum atomic E-state index is -1.43. The predicted octanol–water partition coefficient (Wildman–Crippen LogP) is -1.36. The van der Waals surface area contributed by atoms with E-state index in [0.717, 1.165) is 45.0 Å². The molecule has 0 saturated carbocycles. The first-order chi connectivity index (χ1) is 8.25. The van der Waals surface area contributed by atoms with Crippen LogP contribution in [-0.2, 0) is 11.2 Å². The van der Waals surface area contributed by atoms with Crippen LogP contribution in [0.25, 0.3) is 0 Å². The van der Waals surface area contributed by atoms with Gasteiger partial charge in [-0.3, -0.25) is 9.88 Å². The molecule has 1 aliphatic rings. The second-order valence-corrected chi connectivity index (χ2v) is 4.16. The maximum atomic E-state index is 8.94. The Balaban J connectivity index is 1.82. The third kappa shape index (κ3) is 3.78. The first-order valence-corrected chi connectivity index (χ1v) is 5.87. The molecule has 6 heteroatoms. The lowest BCUT2D eigenvalue weighted by molar-refractivity contribution is 0.0383. The maximum Gasteiger partial charge on any atom is 0.490 e. The molecule has 0 spiro atoms. The van der Waals surface area contributed by atoms with Gasteiger partial charge in [-0.25, -0.2) is 0 Å². The lowest BCUT2D eigenvalue weighted by Crippen LogP contribution is -2.37. The number of ether oxygens (including phenoxy) is 1. The Morgan fingerprint density at radius 3 is 2.65 bits per heavy atom. The summed E-state index contributed by atoms with van der Waals surface area (Å²) in [7, 11) is -1.43. The van der Waals surface area contributed by atoms with Gasteiger partial charge in [0.2, 0.25) is 0 Å². The van der Waals surface area contributed by atoms with Crippen molar-refractivity contribution in [1.29, 1.82) is 0 Å². The van der Waals surface area contributed by atoms with Gasteiger partial charge >= 0.3 is 7.12 Å². The maximum absolute atomic E-state index is 8.94. The second kappa shape index (κ2) is 6.11. The fourth-order valence-electron chi connectivity index (χ4n) is 1.83. The fraction of sp³-hybridized carbons (Fsp3) is 0.545. The monoisotopic (exact) mass is 236 g/mol. The molecule has 1 aromatic heterocycles. The van der Waals surface area contributed by atoms with E-state index in [1.54, 1.807) is 6.07 Å². The van der Waals surface area contributed by atoms with E-state index in [1.807, 2.05) is 6.07 Å². The molecule has 0 aliphatic carbocycles. The summed E-state index contributed by atoms with van der Waals surface area (Å²) in [6, 6.07) is 3.54. The molecule has 5 nitrogen and oxygen atoms in total. The van der Waals surface area contributed by atoms with Crippen LogP contribution in [0.15, 0.2) is 18.3 Å². The standard InChI is InChI=1S/C11H17BN2O3/c15-12(16)10-1-2-11(13-9-10)3-4-14-5-7-17-8-6-14/h1-2,9,15-16H,3-8H2. The van der Waals surface area contributed by atoms with Gasteiger partial charge in [0.05, 0.1) is 13.2 Å². The van der Waals surface area contributed by atoms with Crippen LogP contribution in [0, 0.1) is 0 Å². The summed E-state index contributed by atoms with van der Waals surface area (Å²) in [5.74, 6) is 0. The van der Waals surface area contributed by atoms with Crippen molar-refractivity contribution in [2.45, 2.75) is 6.42 Å². The van der Waals surface area contributed by atoms with E-state index in [-0.39, 0.29) is 0 Å². The number of hydrogen-bond acceptors (Lipinski definition) is 5. The zero-order valence-corrected chi connectivity index (χ0v) is 9.75. The highest BCUT2D eigenvalue weighted by atomic mass is 16.5. The van der Waals surface area contributed by atoms with E-state index in [4.69, 9.17) is 14.8 Å². The third-order valence-corrected chi connectivity index (χ3v) is 2.93. The van der Waals surface area contributed by atoms with E-state index in [9.17, 15) is 0 Å². The van der Waals surface area contributed by atoms with Crippen LogP contribution in [0.4, 0.5) is 0 Å². The van der Waals surface area contributed by atoms with Gasteiger partial charge in [-0.05, 0) is 6.07 Å². The molecule has 1 aromatic rings. The van der Waals surface area contributed by atoms with Crippen molar-refractivity contribution in [1.82, 2.24) is 9.88 Å².